The summed E-state index contributed by atoms with van der Waals surface area (Å²) < 4.78 is 26.5. The molecule has 9 aromatic carbocycles. The van der Waals surface area contributed by atoms with Crippen LogP contribution in [0.5, 0.6) is 46.0 Å². The number of ether oxygens (including phenoxy) is 2. The molecule has 12 N–H and O–H groups in total. The molecule has 6 amide bonds. The minimum Gasteiger partial charge on any atom is -0.508 e. The molecule has 6 aliphatic rings. The molecule has 15 bridgehead atoms. The Labute approximate surface area is 546 Å². The fourth-order valence-electron chi connectivity index (χ4n) is 12.1. The number of aromatic hydroxyl groups is 4. The topological polar surface area (TPSA) is 330 Å². The van der Waals surface area contributed by atoms with Gasteiger partial charge in [0, 0.05) is 48.2 Å². The molecule has 0 aliphatic carbocycles. The van der Waals surface area contributed by atoms with Crippen LogP contribution in [-0.2, 0) is 46.4 Å². The Hall–Kier alpha value is -12.7. The number of carboxylic acids is 1. The molecule has 23 heteroatoms. The van der Waals surface area contributed by atoms with Gasteiger partial charge in [0.05, 0.1) is 0 Å². The van der Waals surface area contributed by atoms with E-state index in [0.717, 1.165) is 4.90 Å². The Bertz CT molecular complexity index is 4720. The zero-order chi connectivity index (χ0) is 67.1. The monoisotopic (exact) mass is 1290 g/mol. The fourth-order valence-corrected chi connectivity index (χ4v) is 12.1. The number of aromatic nitrogens is 1. The van der Waals surface area contributed by atoms with Gasteiger partial charge >= 0.3 is 5.97 Å². The van der Waals surface area contributed by atoms with E-state index in [9.17, 15) is 39.5 Å². The van der Waals surface area contributed by atoms with Crippen LogP contribution in [0.15, 0.2) is 200 Å². The Morgan fingerprint density at radius 1 is 0.573 bits per heavy atom. The zero-order valence-corrected chi connectivity index (χ0v) is 50.7. The van der Waals surface area contributed by atoms with Crippen LogP contribution in [0.4, 0.5) is 10.1 Å². The van der Waals surface area contributed by atoms with Crippen molar-refractivity contribution in [3.8, 4) is 68.2 Å². The summed E-state index contributed by atoms with van der Waals surface area (Å²) in [4.78, 5) is 110. The van der Waals surface area contributed by atoms with Gasteiger partial charge in [-0.05, 0) is 159 Å². The van der Waals surface area contributed by atoms with Crippen LogP contribution < -0.4 is 41.4 Å². The lowest BCUT2D eigenvalue weighted by molar-refractivity contribution is -0.145. The van der Waals surface area contributed by atoms with Crippen molar-refractivity contribution < 1.29 is 73.0 Å². The van der Waals surface area contributed by atoms with Gasteiger partial charge in [0.25, 0.3) is 0 Å². The number of phenols is 4. The van der Waals surface area contributed by atoms with E-state index in [1.165, 1.54) is 122 Å². The van der Waals surface area contributed by atoms with Crippen molar-refractivity contribution in [2.24, 2.45) is 0 Å². The van der Waals surface area contributed by atoms with Crippen LogP contribution in [0, 0.1) is 5.82 Å². The van der Waals surface area contributed by atoms with E-state index in [1.807, 2.05) is 6.07 Å². The lowest BCUT2D eigenvalue weighted by atomic mass is 9.94. The number of halogens is 1. The van der Waals surface area contributed by atoms with Gasteiger partial charge in [-0.15, -0.1) is 0 Å². The smallest absolute Gasteiger partial charge is 0.330 e. The van der Waals surface area contributed by atoms with Gasteiger partial charge in [-0.1, -0.05) is 91.0 Å². The number of carboxylic acid groups (broad SMARTS) is 1. The summed E-state index contributed by atoms with van der Waals surface area (Å²) in [7, 11) is 1.31. The quantitative estimate of drug-likeness (QED) is 0.0674. The van der Waals surface area contributed by atoms with Gasteiger partial charge in [-0.25, -0.2) is 9.18 Å². The minimum absolute atomic E-state index is 0.0142. The molecular formula is C73H59FN8O14. The first kappa shape index (κ1) is 62.2. The number of hydrogen-bond acceptors (Lipinski definition) is 14. The molecule has 1 aromatic heterocycles. The third-order valence-electron chi connectivity index (χ3n) is 17.3. The Morgan fingerprint density at radius 3 is 1.89 bits per heavy atom. The summed E-state index contributed by atoms with van der Waals surface area (Å²) in [5.41, 5.74) is 4.34. The number of amides is 6. The maximum atomic E-state index is 15.9. The summed E-state index contributed by atoms with van der Waals surface area (Å²) in [5.74, 6) is -8.68. The second-order valence-electron chi connectivity index (χ2n) is 23.5. The van der Waals surface area contributed by atoms with Crippen LogP contribution in [0.3, 0.4) is 0 Å². The number of phenolic OH excluding ortho intramolecular Hbond substituents is 4. The van der Waals surface area contributed by atoms with Crippen molar-refractivity contribution in [3.05, 3.63) is 245 Å². The molecule has 22 nitrogen and oxygen atoms in total. The molecule has 96 heavy (non-hydrogen) atoms. The van der Waals surface area contributed by atoms with E-state index in [-0.39, 0.29) is 80.9 Å². The number of carbonyl (C=O) groups excluding carboxylic acids is 6. The molecule has 0 radical (unpaired) electrons. The van der Waals surface area contributed by atoms with E-state index in [0.29, 0.717) is 50.0 Å². The third kappa shape index (κ3) is 12.8. The summed E-state index contributed by atoms with van der Waals surface area (Å²) >= 11 is 0. The number of rotatable bonds is 8. The molecule has 7 heterocycles. The van der Waals surface area contributed by atoms with Crippen molar-refractivity contribution in [3.63, 3.8) is 0 Å². The highest BCUT2D eigenvalue weighted by atomic mass is 19.1. The summed E-state index contributed by atoms with van der Waals surface area (Å²) in [6, 6.07) is 36.4. The molecule has 0 saturated carbocycles. The van der Waals surface area contributed by atoms with E-state index in [1.54, 1.807) is 79.0 Å². The number of fused-ring (bicyclic) bond motifs is 14. The van der Waals surface area contributed by atoms with Crippen LogP contribution in [-0.4, -0.2) is 96.0 Å². The van der Waals surface area contributed by atoms with E-state index >= 15 is 24.0 Å². The van der Waals surface area contributed by atoms with Crippen LogP contribution in [0.25, 0.3) is 33.2 Å². The molecule has 10 aromatic rings. The van der Waals surface area contributed by atoms with Crippen LogP contribution in [0.2, 0.25) is 0 Å². The van der Waals surface area contributed by atoms with Gasteiger partial charge in [0.2, 0.25) is 35.4 Å². The van der Waals surface area contributed by atoms with E-state index in [2.05, 4.69) is 36.9 Å². The number of likely N-dealkylation sites (N-methyl/N-ethyl adjacent to an activating group) is 1. The lowest BCUT2D eigenvalue weighted by Gasteiger charge is -2.33. The SMILES string of the molecule is CN1C(=O)[C@@H]2NC(=O)[C@@H]3NC(=O)[C@@H](c4ccc(O)cc4)NC(=O)[C@H](NC(=O)C(Nc4cccc(-c5ccc(F)cc5)c4)c4ccc(O)cc4)Cc4c[nH]c5cc(ccc45)-c4cc3cc(c4O)Oc3ccc(cc3)C[C@H]1C(=O)N[C@@H](C(=O)O)c1ccc(O)c(c1)Oc1ccc2cc1. The highest BCUT2D eigenvalue weighted by molar-refractivity contribution is 6.00. The second-order valence-corrected chi connectivity index (χ2v) is 23.5. The van der Waals surface area contributed by atoms with Crippen LogP contribution >= 0.6 is 0 Å². The number of anilines is 1. The highest BCUT2D eigenvalue weighted by Crippen LogP contribution is 2.44. The maximum absolute atomic E-state index is 15.9. The van der Waals surface area contributed by atoms with E-state index in [4.69, 9.17) is 9.47 Å². The van der Waals surface area contributed by atoms with Crippen molar-refractivity contribution in [1.82, 2.24) is 36.5 Å². The number of nitrogens with zero attached hydrogens (tertiary/aromatic N) is 1. The van der Waals surface area contributed by atoms with E-state index < -0.39 is 95.3 Å². The predicted octanol–water partition coefficient (Wildman–Crippen LogP) is 9.45. The molecule has 1 unspecified atom stereocenters. The predicted molar refractivity (Wildman–Crippen MR) is 348 cm³/mol. The molecular weight excluding hydrogens is 1230 g/mol. The molecule has 482 valence electrons. The van der Waals surface area contributed by atoms with Gasteiger partial charge in [0.1, 0.15) is 65.1 Å². The Kier molecular flexibility index (Phi) is 16.7. The molecule has 0 saturated heterocycles. The summed E-state index contributed by atoms with van der Waals surface area (Å²) in [6.45, 7) is 0. The Morgan fingerprint density at radius 2 is 1.18 bits per heavy atom. The molecule has 6 aliphatic heterocycles. The number of aromatic amines is 1. The van der Waals surface area contributed by atoms with Crippen molar-refractivity contribution in [2.75, 3.05) is 12.4 Å². The van der Waals surface area contributed by atoms with Gasteiger partial charge in [0.15, 0.2) is 29.0 Å². The molecule has 7 atom stereocenters. The number of benzene rings is 9. The normalized spacial score (nSPS) is 19.1. The standard InChI is InChI=1S/C73H59FN8O14/c1-82-57-29-37-5-23-51(24-6-37)96-60-35-45-31-54(66(60)86)43-15-27-53-46(36-75-55(53)32-43)33-56(77-69(89)61(39-9-19-49(83)20-10-39)76-48-4-2-3-42(30-48)38-7-17-47(74)18-8-38)67(87)78-62(40-11-21-50(84)22-12-40)70(90)79-63(45)71(91)80-64(72(82)92)41-13-25-52(26-14-41)95-59-34-44(16-28-58(59)85)65(73(93)94)81-68(57)88/h2-28,30-32,34-36,56-57,61-65,75-76,83-86H,29,33H2,1H3,(H,77,89)(H,78,87)(H,79,90)(H,80,91)(H,81,88)(H,93,94)/t56-,57+,61?,62-,63-,64-,65-/m1/s1. The lowest BCUT2D eigenvalue weighted by Crippen LogP contribution is -2.55. The number of hydrogen-bond donors (Lipinski definition) is 12. The molecule has 0 fully saturated rings. The summed E-state index contributed by atoms with van der Waals surface area (Å²) in [6.07, 6.45) is 1.22. The number of H-pyrrole nitrogens is 1. The average Bonchev–Trinajstić information content (AvgIpc) is 1.31. The highest BCUT2D eigenvalue weighted by Gasteiger charge is 2.40. The zero-order valence-electron chi connectivity index (χ0n) is 50.7. The van der Waals surface area contributed by atoms with Crippen molar-refractivity contribution >= 4 is 58.0 Å². The first-order chi connectivity index (χ1) is 46.3. The minimum atomic E-state index is -1.89. The Balaban J connectivity index is 0.936. The van der Waals surface area contributed by atoms with Crippen molar-refractivity contribution in [2.45, 2.75) is 55.1 Å². The van der Waals surface area contributed by atoms with Crippen molar-refractivity contribution in [1.29, 1.82) is 0 Å². The van der Waals surface area contributed by atoms with Gasteiger partial charge in [-0.3, -0.25) is 28.8 Å². The fraction of sp³-hybridized carbons (Fsp3) is 0.137. The summed E-state index contributed by atoms with van der Waals surface area (Å²) in [5, 5.41) is 72.7. The van der Waals surface area contributed by atoms with Crippen LogP contribution in [0.1, 0.15) is 69.2 Å². The third-order valence-corrected chi connectivity index (χ3v) is 17.3. The first-order valence-corrected chi connectivity index (χ1v) is 30.3. The number of nitrogens with one attached hydrogen (secondary N) is 7. The number of carbonyl (C=O) groups is 7. The number of aliphatic carboxylic acids is 1. The largest absolute Gasteiger partial charge is 0.508 e. The van der Waals surface area contributed by atoms with Gasteiger partial charge < -0.3 is 76.8 Å². The van der Waals surface area contributed by atoms with Gasteiger partial charge in [-0.2, -0.15) is 0 Å². The molecule has 0 spiro atoms. The average molecular weight is 1290 g/mol. The molecule has 16 rings (SSSR count). The maximum Gasteiger partial charge on any atom is 0.330 e. The first-order valence-electron chi connectivity index (χ1n) is 30.3. The second kappa shape index (κ2) is 25.8.